The van der Waals surface area contributed by atoms with Gasteiger partial charge in [-0.2, -0.15) is 4.58 Å². The molecule has 64 heavy (non-hydrogen) atoms. The Labute approximate surface area is 372 Å². The molecule has 0 bridgehead atoms. The molecule has 0 saturated heterocycles. The summed E-state index contributed by atoms with van der Waals surface area (Å²) in [7, 11) is 0. The lowest BCUT2D eigenvalue weighted by Gasteiger charge is -2.31. The Morgan fingerprint density at radius 1 is 0.594 bits per heavy atom. The van der Waals surface area contributed by atoms with Gasteiger partial charge in [-0.3, -0.25) is 4.79 Å². The molecule has 0 heterocycles. The molecule has 0 aliphatic heterocycles. The van der Waals surface area contributed by atoms with Gasteiger partial charge < -0.3 is 69.8 Å². The van der Waals surface area contributed by atoms with Crippen LogP contribution in [0.25, 0.3) is 5.57 Å². The summed E-state index contributed by atoms with van der Waals surface area (Å²) in [5.41, 5.74) is 5.14. The van der Waals surface area contributed by atoms with Gasteiger partial charge in [-0.1, -0.05) is 0 Å². The smallest absolute Gasteiger partial charge is 0.219 e. The van der Waals surface area contributed by atoms with E-state index in [9.17, 15) is 50.8 Å². The van der Waals surface area contributed by atoms with Gasteiger partial charge in [-0.25, -0.2) is 0 Å². The van der Waals surface area contributed by atoms with E-state index in [0.717, 1.165) is 0 Å². The van der Waals surface area contributed by atoms with Crippen molar-refractivity contribution in [2.75, 3.05) is 84.1 Å². The molecule has 0 spiro atoms. The molecule has 16 heteroatoms. The van der Waals surface area contributed by atoms with Gasteiger partial charge in [0.15, 0.2) is 0 Å². The van der Waals surface area contributed by atoms with Crippen LogP contribution in [-0.2, 0) is 4.79 Å². The topological polar surface area (TPSA) is 242 Å². The Bertz CT molecular complexity index is 2260. The van der Waals surface area contributed by atoms with Crippen LogP contribution < -0.4 is 23.8 Å². The van der Waals surface area contributed by atoms with Crippen molar-refractivity contribution >= 4 is 34.1 Å². The minimum Gasteiger partial charge on any atom is -0.507 e. The largest absolute Gasteiger partial charge is 0.507 e. The molecule has 2 aliphatic rings. The van der Waals surface area contributed by atoms with Crippen LogP contribution in [0.2, 0.25) is 0 Å². The quantitative estimate of drug-likeness (QED) is 0.0335. The maximum atomic E-state index is 13.9. The number of Topliss-reactive ketones (excluding diaryl/α,β-unsaturated/α-hetero) is 1. The molecular formula is C48H61N2O14+. The summed E-state index contributed by atoms with van der Waals surface area (Å²) in [5, 5.41) is 91.6. The number of aliphatic hydroxyl groups is 8. The number of nitrogens with zero attached hydrogens (tertiary/aromatic N) is 2. The van der Waals surface area contributed by atoms with E-state index in [0.29, 0.717) is 107 Å². The lowest BCUT2D eigenvalue weighted by Crippen LogP contribution is -2.25. The molecule has 0 unspecified atom stereocenters. The van der Waals surface area contributed by atoms with Crippen LogP contribution in [0.5, 0.6) is 28.7 Å². The minimum atomic E-state index is -0.597. The molecule has 5 rings (SSSR count). The van der Waals surface area contributed by atoms with Crippen LogP contribution in [-0.4, -0.2) is 141 Å². The Balaban J connectivity index is 1.56. The van der Waals surface area contributed by atoms with Crippen molar-refractivity contribution in [1.29, 1.82) is 0 Å². The van der Waals surface area contributed by atoms with Crippen LogP contribution in [0, 0.1) is 27.7 Å². The SMILES string of the molecule is Cc1c(OCCO)cc(OCCO)c(C)c1N(CCCCO)c1ccc(C2=C(O)/C(=C3/C=CC(=[N+](CCCCO)c4c(C)c(OCCO)cc(OCCO)c4C)C=C3O)C2=O)c(O)c1. The van der Waals surface area contributed by atoms with E-state index in [-0.39, 0.29) is 99.9 Å². The zero-order valence-electron chi connectivity index (χ0n) is 36.9. The highest BCUT2D eigenvalue weighted by atomic mass is 16.5. The lowest BCUT2D eigenvalue weighted by atomic mass is 9.79. The second kappa shape index (κ2) is 23.2. The molecule has 346 valence electrons. The number of unbranched alkanes of at least 4 members (excludes halogenated alkanes) is 2. The van der Waals surface area contributed by atoms with Gasteiger partial charge in [-0.15, -0.1) is 0 Å². The highest BCUT2D eigenvalue weighted by molar-refractivity contribution is 6.40. The van der Waals surface area contributed by atoms with Gasteiger partial charge >= 0.3 is 0 Å². The monoisotopic (exact) mass is 889 g/mol. The average molecular weight is 890 g/mol. The fourth-order valence-electron chi connectivity index (χ4n) is 7.94. The molecule has 0 fully saturated rings. The van der Waals surface area contributed by atoms with Crippen molar-refractivity contribution in [1.82, 2.24) is 0 Å². The number of carbonyl (C=O) groups is 1. The number of carbonyl (C=O) groups excluding carboxylic acids is 1. The van der Waals surface area contributed by atoms with E-state index in [1.807, 2.05) is 37.2 Å². The number of rotatable bonds is 24. The second-order valence-corrected chi connectivity index (χ2v) is 15.2. The number of aliphatic hydroxyl groups excluding tert-OH is 8. The van der Waals surface area contributed by atoms with Crippen molar-refractivity contribution < 1.29 is 74.3 Å². The van der Waals surface area contributed by atoms with Gasteiger partial charge in [0, 0.05) is 78.4 Å². The first kappa shape index (κ1) is 49.1. The van der Waals surface area contributed by atoms with Crippen molar-refractivity contribution in [3.05, 3.63) is 99.0 Å². The van der Waals surface area contributed by atoms with E-state index in [2.05, 4.69) is 0 Å². The maximum Gasteiger partial charge on any atom is 0.219 e. The zero-order valence-corrected chi connectivity index (χ0v) is 36.9. The number of phenolic OH excluding ortho intramolecular Hbond substituents is 1. The molecule has 2 aliphatic carbocycles. The number of ether oxygens (including phenoxy) is 4. The Hall–Kier alpha value is -5.88. The predicted molar refractivity (Wildman–Crippen MR) is 241 cm³/mol. The van der Waals surface area contributed by atoms with E-state index in [1.54, 1.807) is 24.3 Å². The van der Waals surface area contributed by atoms with Crippen LogP contribution in [0.1, 0.15) is 53.5 Å². The number of aromatic hydroxyl groups is 1. The van der Waals surface area contributed by atoms with Gasteiger partial charge in [0.1, 0.15) is 73.2 Å². The van der Waals surface area contributed by atoms with Crippen LogP contribution >= 0.6 is 0 Å². The molecule has 0 amide bonds. The van der Waals surface area contributed by atoms with Gasteiger partial charge in [0.05, 0.1) is 60.5 Å². The summed E-state index contributed by atoms with van der Waals surface area (Å²) in [6.07, 6.45) is 6.79. The third kappa shape index (κ3) is 10.7. The molecular weight excluding hydrogens is 829 g/mol. The van der Waals surface area contributed by atoms with Crippen LogP contribution in [0.3, 0.4) is 0 Å². The number of benzene rings is 3. The first-order chi connectivity index (χ1) is 30.9. The van der Waals surface area contributed by atoms with E-state index in [1.165, 1.54) is 24.3 Å². The molecule has 0 atom stereocenters. The maximum absolute atomic E-state index is 13.9. The zero-order chi connectivity index (χ0) is 46.5. The van der Waals surface area contributed by atoms with Crippen LogP contribution in [0.4, 0.5) is 17.1 Å². The number of allylic oxidation sites excluding steroid dienone is 5. The standard InChI is InChI=1S/C48H60N2O14/c1-29-39(61-21-17-53)27-40(62-22-18-54)30(2)45(29)49(13-5-7-15-51)33-9-11-35(37(57)25-33)43-47(59)44(48(43)60)36-12-10-34(26-38(36)58)50(14-6-8-16-52)46-31(3)41(63-23-19-55)28-42(32(46)4)64-24-20-56/h9-12,25-28,51-56H,5-8,13-24H2,1-4H3,(H2,57,58,59,60)/p+1. The number of anilines is 2. The van der Waals surface area contributed by atoms with Crippen molar-refractivity contribution in [3.63, 3.8) is 0 Å². The van der Waals surface area contributed by atoms with Gasteiger partial charge in [0.2, 0.25) is 17.2 Å². The average Bonchev–Trinajstić information content (AvgIpc) is 3.28. The molecule has 0 saturated carbocycles. The van der Waals surface area contributed by atoms with E-state index < -0.39 is 11.5 Å². The van der Waals surface area contributed by atoms with Crippen molar-refractivity contribution in [2.45, 2.75) is 53.4 Å². The van der Waals surface area contributed by atoms with Crippen molar-refractivity contribution in [3.8, 4) is 28.7 Å². The fourth-order valence-corrected chi connectivity index (χ4v) is 7.94. The minimum absolute atomic E-state index is 0.0277. The molecule has 9 N–H and O–H groups in total. The fraction of sp³-hybridized carbons (Fsp3) is 0.417. The first-order valence-electron chi connectivity index (χ1n) is 21.4. The number of ketones is 1. The third-order valence-corrected chi connectivity index (χ3v) is 11.0. The van der Waals surface area contributed by atoms with Crippen LogP contribution in [0.15, 0.2) is 71.2 Å². The number of hydrogen-bond acceptors (Lipinski definition) is 15. The summed E-state index contributed by atoms with van der Waals surface area (Å²) >= 11 is 0. The molecule has 3 aromatic carbocycles. The summed E-state index contributed by atoms with van der Waals surface area (Å²) in [6, 6.07) is 8.09. The normalized spacial score (nSPS) is 15.6. The Morgan fingerprint density at radius 3 is 1.58 bits per heavy atom. The van der Waals surface area contributed by atoms with E-state index >= 15 is 0 Å². The van der Waals surface area contributed by atoms with Crippen molar-refractivity contribution in [2.24, 2.45) is 0 Å². The first-order valence-corrected chi connectivity index (χ1v) is 21.4. The Morgan fingerprint density at radius 2 is 1.11 bits per heavy atom. The lowest BCUT2D eigenvalue weighted by molar-refractivity contribution is -0.441. The molecule has 0 radical (unpaired) electrons. The predicted octanol–water partition coefficient (Wildman–Crippen LogP) is 4.74. The van der Waals surface area contributed by atoms with Gasteiger partial charge in [-0.05, 0) is 65.2 Å². The summed E-state index contributed by atoms with van der Waals surface area (Å²) < 4.78 is 25.3. The Kier molecular flexibility index (Phi) is 17.8. The van der Waals surface area contributed by atoms with E-state index in [4.69, 9.17) is 18.9 Å². The molecule has 0 aromatic heterocycles. The third-order valence-electron chi connectivity index (χ3n) is 11.0. The highest BCUT2D eigenvalue weighted by Crippen LogP contribution is 2.47. The summed E-state index contributed by atoms with van der Waals surface area (Å²) in [5.74, 6) is 0.181. The number of hydrogen-bond donors (Lipinski definition) is 9. The highest BCUT2D eigenvalue weighted by Gasteiger charge is 2.40. The summed E-state index contributed by atoms with van der Waals surface area (Å²) in [6.45, 7) is 7.35. The summed E-state index contributed by atoms with van der Waals surface area (Å²) in [4.78, 5) is 15.8. The second-order valence-electron chi connectivity index (χ2n) is 15.2. The molecule has 16 nitrogen and oxygen atoms in total. The van der Waals surface area contributed by atoms with Gasteiger partial charge in [0.25, 0.3) is 0 Å². The number of phenols is 1. The molecule has 3 aromatic rings.